The molecule has 1 aliphatic heterocycles. The Morgan fingerprint density at radius 1 is 1.15 bits per heavy atom. The Bertz CT molecular complexity index is 1500. The fourth-order valence-corrected chi connectivity index (χ4v) is 4.42. The van der Waals surface area contributed by atoms with Crippen LogP contribution in [-0.4, -0.2) is 67.2 Å². The number of pyridine rings is 3. The van der Waals surface area contributed by atoms with Crippen molar-refractivity contribution in [2.75, 3.05) is 26.8 Å². The van der Waals surface area contributed by atoms with Crippen molar-refractivity contribution >= 4 is 27.8 Å². The van der Waals surface area contributed by atoms with E-state index < -0.39 is 17.9 Å². The fourth-order valence-electron chi connectivity index (χ4n) is 4.42. The van der Waals surface area contributed by atoms with Gasteiger partial charge in [-0.2, -0.15) is 0 Å². The maximum absolute atomic E-state index is 13.0. The van der Waals surface area contributed by atoms with Gasteiger partial charge in [-0.25, -0.2) is 14.8 Å². The van der Waals surface area contributed by atoms with E-state index in [0.717, 1.165) is 5.56 Å². The third-order valence-electron chi connectivity index (χ3n) is 6.17. The van der Waals surface area contributed by atoms with Gasteiger partial charge >= 0.3 is 5.69 Å². The standard InChI is InChI=1S/C23H22N6O5/c1-34-18-5-2-13(10-25-18)16-3-4-17-20(26-16)21-15(11-24-17)22(32)27-23(33)29(21)14-6-8-28(9-7-14)19(31)12-30/h2-5,10-11,14,30H,6-9,12H2,1H3,(H,27,32,33). The number of aliphatic hydroxyl groups excluding tert-OH is 1. The van der Waals surface area contributed by atoms with E-state index in [4.69, 9.17) is 14.8 Å². The van der Waals surface area contributed by atoms with Gasteiger partial charge in [0, 0.05) is 43.2 Å². The Morgan fingerprint density at radius 2 is 1.94 bits per heavy atom. The summed E-state index contributed by atoms with van der Waals surface area (Å²) in [6.07, 6.45) is 4.09. The number of rotatable bonds is 4. The molecule has 0 atom stereocenters. The highest BCUT2D eigenvalue weighted by atomic mass is 16.5. The van der Waals surface area contributed by atoms with Crippen LogP contribution in [0.1, 0.15) is 18.9 Å². The highest BCUT2D eigenvalue weighted by molar-refractivity contribution is 6.01. The summed E-state index contributed by atoms with van der Waals surface area (Å²) >= 11 is 0. The summed E-state index contributed by atoms with van der Waals surface area (Å²) in [5.74, 6) is 0.134. The number of aromatic nitrogens is 5. The number of likely N-dealkylation sites (tertiary alicyclic amines) is 1. The number of aromatic amines is 1. The second-order valence-corrected chi connectivity index (χ2v) is 8.07. The van der Waals surface area contributed by atoms with Crippen LogP contribution in [0.3, 0.4) is 0 Å². The van der Waals surface area contributed by atoms with Crippen LogP contribution in [0.15, 0.2) is 46.2 Å². The molecule has 11 nitrogen and oxygen atoms in total. The summed E-state index contributed by atoms with van der Waals surface area (Å²) in [5, 5.41) is 9.40. The molecule has 4 aromatic rings. The first-order chi connectivity index (χ1) is 16.5. The van der Waals surface area contributed by atoms with Crippen molar-refractivity contribution in [3.05, 3.63) is 57.5 Å². The van der Waals surface area contributed by atoms with Crippen LogP contribution in [0.4, 0.5) is 0 Å². The van der Waals surface area contributed by atoms with Crippen molar-refractivity contribution in [3.8, 4) is 17.1 Å². The average Bonchev–Trinajstić information content (AvgIpc) is 2.88. The molecule has 5 rings (SSSR count). The second-order valence-electron chi connectivity index (χ2n) is 8.07. The van der Waals surface area contributed by atoms with E-state index in [2.05, 4.69) is 15.0 Å². The van der Waals surface area contributed by atoms with Crippen LogP contribution in [0.2, 0.25) is 0 Å². The molecule has 0 radical (unpaired) electrons. The molecule has 4 aromatic heterocycles. The van der Waals surface area contributed by atoms with E-state index >= 15 is 0 Å². The summed E-state index contributed by atoms with van der Waals surface area (Å²) in [5.41, 5.74) is 1.68. The molecule has 0 unspecified atom stereocenters. The van der Waals surface area contributed by atoms with Crippen LogP contribution in [0.5, 0.6) is 5.88 Å². The van der Waals surface area contributed by atoms with Crippen molar-refractivity contribution in [1.29, 1.82) is 0 Å². The van der Waals surface area contributed by atoms with Gasteiger partial charge in [-0.1, -0.05) is 0 Å². The Balaban J connectivity index is 1.67. The zero-order valence-electron chi connectivity index (χ0n) is 18.4. The molecule has 2 N–H and O–H groups in total. The molecule has 0 spiro atoms. The largest absolute Gasteiger partial charge is 0.481 e. The third kappa shape index (κ3) is 3.69. The van der Waals surface area contributed by atoms with Crippen LogP contribution in [-0.2, 0) is 4.79 Å². The molecule has 0 aliphatic carbocycles. The Kier molecular flexibility index (Phi) is 5.54. The zero-order chi connectivity index (χ0) is 23.8. The highest BCUT2D eigenvalue weighted by Crippen LogP contribution is 2.29. The van der Waals surface area contributed by atoms with Gasteiger partial charge < -0.3 is 14.7 Å². The monoisotopic (exact) mass is 462 g/mol. The number of methoxy groups -OCH3 is 1. The number of ether oxygens (including phenoxy) is 1. The number of nitrogens with zero attached hydrogens (tertiary/aromatic N) is 5. The van der Waals surface area contributed by atoms with Crippen LogP contribution in [0, 0.1) is 0 Å². The van der Waals surface area contributed by atoms with Gasteiger partial charge in [-0.05, 0) is 31.0 Å². The minimum atomic E-state index is -0.546. The average molecular weight is 462 g/mol. The molecule has 1 saturated heterocycles. The number of aliphatic hydroxyl groups is 1. The van der Waals surface area contributed by atoms with E-state index in [1.54, 1.807) is 33.9 Å². The molecule has 0 bridgehead atoms. The highest BCUT2D eigenvalue weighted by Gasteiger charge is 2.26. The number of hydrogen-bond donors (Lipinski definition) is 2. The summed E-state index contributed by atoms with van der Waals surface area (Å²) in [6.45, 7) is 0.252. The molecule has 0 aromatic carbocycles. The Labute approximate surface area is 192 Å². The molecule has 1 fully saturated rings. The number of amides is 1. The van der Waals surface area contributed by atoms with Gasteiger partial charge in [0.1, 0.15) is 12.1 Å². The minimum Gasteiger partial charge on any atom is -0.481 e. The number of piperidine rings is 1. The number of carbonyl (C=O) groups excluding carboxylic acids is 1. The molecule has 174 valence electrons. The van der Waals surface area contributed by atoms with Gasteiger partial charge in [0.25, 0.3) is 5.56 Å². The predicted octanol–water partition coefficient (Wildman–Crippen LogP) is 0.859. The SMILES string of the molecule is COc1ccc(-c2ccc3ncc4c(=O)[nH]c(=O)n(C5CCN(C(=O)CO)CC5)c4c3n2)cn1. The van der Waals surface area contributed by atoms with Crippen molar-refractivity contribution < 1.29 is 14.6 Å². The van der Waals surface area contributed by atoms with Gasteiger partial charge in [0.2, 0.25) is 11.8 Å². The molecule has 1 amide bonds. The van der Waals surface area contributed by atoms with E-state index in [1.807, 2.05) is 6.07 Å². The lowest BCUT2D eigenvalue weighted by Gasteiger charge is -2.33. The third-order valence-corrected chi connectivity index (χ3v) is 6.17. The topological polar surface area (TPSA) is 143 Å². The molecule has 5 heterocycles. The summed E-state index contributed by atoms with van der Waals surface area (Å²) in [4.78, 5) is 54.8. The number of fused-ring (bicyclic) bond motifs is 3. The maximum atomic E-state index is 13.0. The van der Waals surface area contributed by atoms with Crippen molar-refractivity contribution in [2.45, 2.75) is 18.9 Å². The first-order valence-electron chi connectivity index (χ1n) is 10.8. The van der Waals surface area contributed by atoms with Gasteiger partial charge in [0.05, 0.1) is 29.2 Å². The molecular weight excluding hydrogens is 440 g/mol. The minimum absolute atomic E-state index is 0.256. The van der Waals surface area contributed by atoms with Crippen molar-refractivity contribution in [2.24, 2.45) is 0 Å². The molecule has 1 aliphatic rings. The van der Waals surface area contributed by atoms with E-state index in [-0.39, 0.29) is 17.3 Å². The maximum Gasteiger partial charge on any atom is 0.329 e. The fraction of sp³-hybridized carbons (Fsp3) is 0.304. The van der Waals surface area contributed by atoms with E-state index in [1.165, 1.54) is 13.3 Å². The first-order valence-corrected chi connectivity index (χ1v) is 10.8. The number of hydrogen-bond acceptors (Lipinski definition) is 8. The molecule has 0 saturated carbocycles. The van der Waals surface area contributed by atoms with E-state index in [0.29, 0.717) is 54.1 Å². The van der Waals surface area contributed by atoms with Crippen LogP contribution < -0.4 is 16.0 Å². The van der Waals surface area contributed by atoms with Crippen molar-refractivity contribution in [1.82, 2.24) is 29.4 Å². The number of carbonyl (C=O) groups is 1. The lowest BCUT2D eigenvalue weighted by atomic mass is 10.0. The van der Waals surface area contributed by atoms with Crippen LogP contribution >= 0.6 is 0 Å². The molecular formula is C23H22N6O5. The zero-order valence-corrected chi connectivity index (χ0v) is 18.4. The Hall–Kier alpha value is -4.12. The predicted molar refractivity (Wildman–Crippen MR) is 124 cm³/mol. The lowest BCUT2D eigenvalue weighted by Crippen LogP contribution is -2.43. The van der Waals surface area contributed by atoms with Crippen LogP contribution in [0.25, 0.3) is 33.2 Å². The molecule has 11 heteroatoms. The van der Waals surface area contributed by atoms with E-state index in [9.17, 15) is 14.4 Å². The first kappa shape index (κ1) is 21.7. The van der Waals surface area contributed by atoms with Gasteiger partial charge in [-0.15, -0.1) is 0 Å². The normalized spacial score (nSPS) is 14.6. The lowest BCUT2D eigenvalue weighted by molar-refractivity contribution is -0.135. The summed E-state index contributed by atoms with van der Waals surface area (Å²) in [7, 11) is 1.54. The van der Waals surface area contributed by atoms with Gasteiger partial charge in [0.15, 0.2) is 0 Å². The summed E-state index contributed by atoms with van der Waals surface area (Å²) < 4.78 is 6.68. The molecule has 34 heavy (non-hydrogen) atoms. The number of nitrogens with one attached hydrogen (secondary N) is 1. The quantitative estimate of drug-likeness (QED) is 0.425. The number of H-pyrrole nitrogens is 1. The smallest absolute Gasteiger partial charge is 0.329 e. The Morgan fingerprint density at radius 3 is 2.62 bits per heavy atom. The van der Waals surface area contributed by atoms with Gasteiger partial charge in [-0.3, -0.25) is 24.1 Å². The second kappa shape index (κ2) is 8.67. The summed E-state index contributed by atoms with van der Waals surface area (Å²) in [6, 6.07) is 6.89. The van der Waals surface area contributed by atoms with Crippen molar-refractivity contribution in [3.63, 3.8) is 0 Å².